The van der Waals surface area contributed by atoms with Gasteiger partial charge >= 0.3 is 0 Å². The van der Waals surface area contributed by atoms with Crippen molar-refractivity contribution in [3.63, 3.8) is 0 Å². The molecule has 0 spiro atoms. The van der Waals surface area contributed by atoms with E-state index in [2.05, 4.69) is 5.32 Å². The molecule has 98 valence electrons. The lowest BCUT2D eigenvalue weighted by atomic mass is 10.1. The third-order valence-electron chi connectivity index (χ3n) is 2.73. The average Bonchev–Trinajstić information content (AvgIpc) is 2.81. The first-order valence-corrected chi connectivity index (χ1v) is 8.18. The van der Waals surface area contributed by atoms with Gasteiger partial charge in [-0.2, -0.15) is 11.8 Å². The summed E-state index contributed by atoms with van der Waals surface area (Å²) >= 11 is 1.75. The summed E-state index contributed by atoms with van der Waals surface area (Å²) in [6.07, 6.45) is 0.866. The third kappa shape index (κ3) is 3.24. The number of nitrogens with two attached hydrogens (primary N) is 1. The zero-order valence-corrected chi connectivity index (χ0v) is 11.3. The van der Waals surface area contributed by atoms with Crippen LogP contribution in [0.5, 0.6) is 0 Å². The number of amides is 1. The van der Waals surface area contributed by atoms with Crippen LogP contribution in [0.1, 0.15) is 6.42 Å². The van der Waals surface area contributed by atoms with Crippen molar-refractivity contribution < 1.29 is 13.2 Å². The Morgan fingerprint density at radius 1 is 1.44 bits per heavy atom. The van der Waals surface area contributed by atoms with Crippen molar-refractivity contribution in [1.29, 1.82) is 0 Å². The molecular formula is C11H14N2O3S2. The molecule has 1 heterocycles. The second-order valence-electron chi connectivity index (χ2n) is 4.12. The molecule has 18 heavy (non-hydrogen) atoms. The Labute approximate surface area is 110 Å². The van der Waals surface area contributed by atoms with Gasteiger partial charge in [0.05, 0.1) is 4.90 Å². The molecular weight excluding hydrogens is 272 g/mol. The van der Waals surface area contributed by atoms with E-state index in [4.69, 9.17) is 5.14 Å². The summed E-state index contributed by atoms with van der Waals surface area (Å²) in [5, 5.41) is 7.76. The molecule has 0 radical (unpaired) electrons. The lowest BCUT2D eigenvalue weighted by Gasteiger charge is -2.10. The Balaban J connectivity index is 2.12. The van der Waals surface area contributed by atoms with Crippen LogP contribution < -0.4 is 10.5 Å². The van der Waals surface area contributed by atoms with Crippen LogP contribution in [0.15, 0.2) is 29.2 Å². The van der Waals surface area contributed by atoms with E-state index in [1.165, 1.54) is 12.1 Å². The van der Waals surface area contributed by atoms with Gasteiger partial charge in [0, 0.05) is 17.4 Å². The summed E-state index contributed by atoms with van der Waals surface area (Å²) in [6, 6.07) is 5.97. The van der Waals surface area contributed by atoms with Crippen LogP contribution in [-0.2, 0) is 14.8 Å². The van der Waals surface area contributed by atoms with Gasteiger partial charge in [0.15, 0.2) is 0 Å². The molecule has 7 heteroatoms. The standard InChI is InChI=1S/C11H14N2O3S2/c12-18(15,16)10-3-1-2-9(6-10)13-11(14)8-4-5-17-7-8/h1-3,6,8H,4-5,7H2,(H,13,14)(H2,12,15,16). The molecule has 0 aliphatic carbocycles. The van der Waals surface area contributed by atoms with Gasteiger partial charge in [-0.25, -0.2) is 13.6 Å². The Hall–Kier alpha value is -1.05. The molecule has 1 aliphatic heterocycles. The quantitative estimate of drug-likeness (QED) is 0.868. The summed E-state index contributed by atoms with van der Waals surface area (Å²) in [6.45, 7) is 0. The smallest absolute Gasteiger partial charge is 0.238 e. The van der Waals surface area contributed by atoms with Crippen molar-refractivity contribution in [3.8, 4) is 0 Å². The highest BCUT2D eigenvalue weighted by molar-refractivity contribution is 7.99. The van der Waals surface area contributed by atoms with Gasteiger partial charge < -0.3 is 5.32 Å². The molecule has 1 fully saturated rings. The number of hydrogen-bond acceptors (Lipinski definition) is 4. The number of anilines is 1. The molecule has 1 unspecified atom stereocenters. The first-order valence-electron chi connectivity index (χ1n) is 5.48. The van der Waals surface area contributed by atoms with E-state index in [1.807, 2.05) is 0 Å². The largest absolute Gasteiger partial charge is 0.326 e. The Bertz CT molecular complexity index is 551. The average molecular weight is 286 g/mol. The minimum atomic E-state index is -3.74. The maximum atomic E-state index is 11.9. The fraction of sp³-hybridized carbons (Fsp3) is 0.364. The third-order valence-corrected chi connectivity index (χ3v) is 4.80. The first-order chi connectivity index (χ1) is 8.47. The van der Waals surface area contributed by atoms with Crippen LogP contribution in [-0.4, -0.2) is 25.8 Å². The van der Waals surface area contributed by atoms with E-state index >= 15 is 0 Å². The van der Waals surface area contributed by atoms with Gasteiger partial charge in [0.1, 0.15) is 0 Å². The predicted molar refractivity (Wildman–Crippen MR) is 71.9 cm³/mol. The normalized spacial score (nSPS) is 19.7. The Morgan fingerprint density at radius 3 is 2.83 bits per heavy atom. The van der Waals surface area contributed by atoms with Gasteiger partial charge in [0.2, 0.25) is 15.9 Å². The molecule has 1 saturated heterocycles. The van der Waals surface area contributed by atoms with Crippen molar-refractivity contribution in [3.05, 3.63) is 24.3 Å². The zero-order chi connectivity index (χ0) is 13.2. The van der Waals surface area contributed by atoms with Gasteiger partial charge in [-0.05, 0) is 30.4 Å². The first kappa shape index (κ1) is 13.4. The second-order valence-corrected chi connectivity index (χ2v) is 6.83. The molecule has 1 atom stereocenters. The van der Waals surface area contributed by atoms with Crippen LogP contribution in [0, 0.1) is 5.92 Å². The minimum absolute atomic E-state index is 0.00102. The van der Waals surface area contributed by atoms with Crippen molar-refractivity contribution in [2.24, 2.45) is 11.1 Å². The van der Waals surface area contributed by atoms with E-state index in [0.717, 1.165) is 17.9 Å². The fourth-order valence-corrected chi connectivity index (χ4v) is 3.52. The van der Waals surface area contributed by atoms with Gasteiger partial charge in [0.25, 0.3) is 0 Å². The molecule has 1 amide bonds. The summed E-state index contributed by atoms with van der Waals surface area (Å²) in [7, 11) is -3.74. The number of nitrogens with one attached hydrogen (secondary N) is 1. The van der Waals surface area contributed by atoms with Gasteiger partial charge in [-0.3, -0.25) is 4.79 Å². The highest BCUT2D eigenvalue weighted by Crippen LogP contribution is 2.25. The number of sulfonamides is 1. The van der Waals surface area contributed by atoms with E-state index < -0.39 is 10.0 Å². The lowest BCUT2D eigenvalue weighted by molar-refractivity contribution is -0.119. The van der Waals surface area contributed by atoms with Crippen LogP contribution in [0.2, 0.25) is 0 Å². The molecule has 5 nitrogen and oxygen atoms in total. The number of thioether (sulfide) groups is 1. The molecule has 1 aliphatic rings. The number of hydrogen-bond donors (Lipinski definition) is 2. The van der Waals surface area contributed by atoms with Crippen molar-refractivity contribution >= 4 is 33.4 Å². The SMILES string of the molecule is NS(=O)(=O)c1cccc(NC(=O)C2CCSC2)c1. The van der Waals surface area contributed by atoms with Crippen molar-refractivity contribution in [1.82, 2.24) is 0 Å². The summed E-state index contributed by atoms with van der Waals surface area (Å²) in [4.78, 5) is 11.9. The van der Waals surface area contributed by atoms with Gasteiger partial charge in [-0.15, -0.1) is 0 Å². The van der Waals surface area contributed by atoms with Crippen molar-refractivity contribution in [2.75, 3.05) is 16.8 Å². The van der Waals surface area contributed by atoms with Crippen LogP contribution in [0.25, 0.3) is 0 Å². The molecule has 0 saturated carbocycles. The number of rotatable bonds is 3. The maximum Gasteiger partial charge on any atom is 0.238 e. The van der Waals surface area contributed by atoms with E-state index in [1.54, 1.807) is 23.9 Å². The number of carbonyl (C=O) groups excluding carboxylic acids is 1. The zero-order valence-electron chi connectivity index (χ0n) is 9.63. The van der Waals surface area contributed by atoms with Crippen molar-refractivity contribution in [2.45, 2.75) is 11.3 Å². The summed E-state index contributed by atoms with van der Waals surface area (Å²) < 4.78 is 22.4. The monoisotopic (exact) mass is 286 g/mol. The molecule has 3 N–H and O–H groups in total. The van der Waals surface area contributed by atoms with E-state index in [0.29, 0.717) is 5.69 Å². The fourth-order valence-electron chi connectivity index (χ4n) is 1.74. The molecule has 1 aromatic carbocycles. The molecule has 0 aromatic heterocycles. The van der Waals surface area contributed by atoms with E-state index in [9.17, 15) is 13.2 Å². The number of carbonyl (C=O) groups is 1. The number of primary sulfonamides is 1. The van der Waals surface area contributed by atoms with Crippen LogP contribution in [0.4, 0.5) is 5.69 Å². The maximum absolute atomic E-state index is 11.9. The topological polar surface area (TPSA) is 89.3 Å². The van der Waals surface area contributed by atoms with E-state index in [-0.39, 0.29) is 16.7 Å². The lowest BCUT2D eigenvalue weighted by Crippen LogP contribution is -2.22. The highest BCUT2D eigenvalue weighted by atomic mass is 32.2. The second kappa shape index (κ2) is 5.29. The van der Waals surface area contributed by atoms with Gasteiger partial charge in [-0.1, -0.05) is 6.07 Å². The highest BCUT2D eigenvalue weighted by Gasteiger charge is 2.23. The van der Waals surface area contributed by atoms with Crippen LogP contribution >= 0.6 is 11.8 Å². The Morgan fingerprint density at radius 2 is 2.22 bits per heavy atom. The predicted octanol–water partition coefficient (Wildman–Crippen LogP) is 1.03. The number of benzene rings is 1. The molecule has 0 bridgehead atoms. The summed E-state index contributed by atoms with van der Waals surface area (Å²) in [5.41, 5.74) is 0.462. The minimum Gasteiger partial charge on any atom is -0.326 e. The Kier molecular flexibility index (Phi) is 3.94. The molecule has 2 rings (SSSR count). The van der Waals surface area contributed by atoms with Crippen LogP contribution in [0.3, 0.4) is 0 Å². The molecule has 1 aromatic rings. The summed E-state index contributed by atoms with van der Waals surface area (Å²) in [5.74, 6) is 1.76.